The Morgan fingerprint density at radius 3 is 1.79 bits per heavy atom. The van der Waals surface area contributed by atoms with Crippen molar-refractivity contribution in [2.75, 3.05) is 20.6 Å². The Balaban J connectivity index is 0. The minimum absolute atomic E-state index is 0.00755. The van der Waals surface area contributed by atoms with E-state index in [2.05, 4.69) is 12.2 Å². The van der Waals surface area contributed by atoms with Gasteiger partial charge in [0.05, 0.1) is 14.1 Å². The number of nitrogens with one attached hydrogen (secondary N) is 1. The highest BCUT2D eigenvalue weighted by molar-refractivity contribution is 5.75. The van der Waals surface area contributed by atoms with Gasteiger partial charge in [0.1, 0.15) is 6.04 Å². The van der Waals surface area contributed by atoms with Crippen LogP contribution in [-0.2, 0) is 4.79 Å². The van der Waals surface area contributed by atoms with Gasteiger partial charge in [-0.15, -0.1) is 10.2 Å². The topological polar surface area (TPSA) is 142 Å². The first-order valence-corrected chi connectivity index (χ1v) is 11.6. The van der Waals surface area contributed by atoms with Gasteiger partial charge in [-0.1, -0.05) is 58.3 Å². The van der Waals surface area contributed by atoms with Crippen molar-refractivity contribution in [3.63, 3.8) is 0 Å². The zero-order valence-electron chi connectivity index (χ0n) is 18.1. The second-order valence-corrected chi connectivity index (χ2v) is 8.53. The Hall–Kier alpha value is -0.480. The SMILES string of the molecule is CCCCCCCCCCCC(=O)NCCCC(C)[N+](C)(C)O.[O-][Cl+3]([O-])([O-])[O-]. The van der Waals surface area contributed by atoms with E-state index in [0.29, 0.717) is 6.42 Å². The lowest BCUT2D eigenvalue weighted by Crippen LogP contribution is -2.68. The molecule has 1 amide bonds. The molecule has 0 spiro atoms. The summed E-state index contributed by atoms with van der Waals surface area (Å²) in [7, 11) is -1.37. The van der Waals surface area contributed by atoms with Gasteiger partial charge in [-0.2, -0.15) is 4.65 Å². The molecular formula is C19H41ClN2O6. The van der Waals surface area contributed by atoms with Crippen molar-refractivity contribution in [3.05, 3.63) is 0 Å². The quantitative estimate of drug-likeness (QED) is 0.212. The fourth-order valence-electron chi connectivity index (χ4n) is 2.63. The van der Waals surface area contributed by atoms with E-state index in [1.54, 1.807) is 14.1 Å². The lowest BCUT2D eigenvalue weighted by molar-refractivity contribution is -2.00. The third-order valence-electron chi connectivity index (χ3n) is 4.71. The summed E-state index contributed by atoms with van der Waals surface area (Å²) < 4.78 is 34.0. The summed E-state index contributed by atoms with van der Waals surface area (Å²) in [4.78, 5) is 11.7. The van der Waals surface area contributed by atoms with Crippen molar-refractivity contribution >= 4 is 5.91 Å². The number of amides is 1. The highest BCUT2D eigenvalue weighted by atomic mass is 35.7. The first-order valence-electron chi connectivity index (χ1n) is 10.3. The second-order valence-electron chi connectivity index (χ2n) is 7.78. The average Bonchev–Trinajstić information content (AvgIpc) is 2.54. The van der Waals surface area contributed by atoms with E-state index in [-0.39, 0.29) is 16.6 Å². The van der Waals surface area contributed by atoms with Crippen molar-refractivity contribution in [1.29, 1.82) is 0 Å². The Kier molecular flexibility index (Phi) is 18.5. The first-order chi connectivity index (χ1) is 12.9. The fourth-order valence-corrected chi connectivity index (χ4v) is 2.63. The van der Waals surface area contributed by atoms with Gasteiger partial charge >= 0.3 is 0 Å². The number of hydrogen-bond acceptors (Lipinski definition) is 6. The molecule has 0 aromatic heterocycles. The van der Waals surface area contributed by atoms with Gasteiger partial charge in [0.25, 0.3) is 0 Å². The van der Waals surface area contributed by atoms with E-state index in [1.807, 2.05) is 6.92 Å². The van der Waals surface area contributed by atoms with Crippen LogP contribution in [0.25, 0.3) is 0 Å². The molecule has 0 aromatic carbocycles. The average molecular weight is 429 g/mol. The number of hydrogen-bond donors (Lipinski definition) is 2. The number of halogens is 1. The number of unbranched alkanes of at least 4 members (excludes halogenated alkanes) is 8. The number of carbonyl (C=O) groups is 1. The Morgan fingerprint density at radius 2 is 1.36 bits per heavy atom. The maximum absolute atomic E-state index is 11.7. The van der Waals surface area contributed by atoms with Gasteiger partial charge in [0, 0.05) is 19.4 Å². The Morgan fingerprint density at radius 1 is 0.929 bits per heavy atom. The van der Waals surface area contributed by atoms with Crippen LogP contribution < -0.4 is 24.0 Å². The summed E-state index contributed by atoms with van der Waals surface area (Å²) >= 11 is 0. The molecule has 1 unspecified atom stereocenters. The summed E-state index contributed by atoms with van der Waals surface area (Å²) in [6.45, 7) is 5.00. The molecule has 0 aliphatic heterocycles. The molecule has 170 valence electrons. The molecule has 2 N–H and O–H groups in total. The first kappa shape index (κ1) is 29.7. The molecule has 0 aromatic rings. The molecule has 0 aliphatic carbocycles. The summed E-state index contributed by atoms with van der Waals surface area (Å²) in [5, 5.41) is 12.8. The number of hydroxylamine groups is 3. The third kappa shape index (κ3) is 27.7. The molecule has 0 fully saturated rings. The lowest BCUT2D eigenvalue weighted by Gasteiger charge is -2.27. The van der Waals surface area contributed by atoms with E-state index < -0.39 is 10.2 Å². The van der Waals surface area contributed by atoms with E-state index in [1.165, 1.54) is 51.4 Å². The largest absolute Gasteiger partial charge is 0.356 e. The maximum atomic E-state index is 11.7. The Labute approximate surface area is 172 Å². The molecular weight excluding hydrogens is 388 g/mol. The summed E-state index contributed by atoms with van der Waals surface area (Å²) in [6.07, 6.45) is 14.1. The lowest BCUT2D eigenvalue weighted by atomic mass is 10.1. The van der Waals surface area contributed by atoms with E-state index in [0.717, 1.165) is 25.8 Å². The molecule has 0 aliphatic rings. The summed E-state index contributed by atoms with van der Waals surface area (Å²) in [5.74, 6) is 0.179. The van der Waals surface area contributed by atoms with Crippen LogP contribution in [0.4, 0.5) is 0 Å². The van der Waals surface area contributed by atoms with E-state index in [9.17, 15) is 10.0 Å². The fraction of sp³-hybridized carbons (Fsp3) is 0.947. The van der Waals surface area contributed by atoms with Crippen LogP contribution in [-0.4, -0.2) is 42.4 Å². The summed E-state index contributed by atoms with van der Waals surface area (Å²) in [6, 6.07) is 0.198. The zero-order valence-corrected chi connectivity index (χ0v) is 18.8. The normalized spacial score (nSPS) is 12.9. The molecule has 0 rings (SSSR count). The second kappa shape index (κ2) is 17.4. The van der Waals surface area contributed by atoms with Crippen LogP contribution >= 0.6 is 0 Å². The molecule has 0 saturated carbocycles. The number of carbonyl (C=O) groups excluding carboxylic acids is 1. The smallest absolute Gasteiger partial charge is 0.219 e. The van der Waals surface area contributed by atoms with Crippen LogP contribution in [0.15, 0.2) is 0 Å². The van der Waals surface area contributed by atoms with Crippen molar-refractivity contribution < 1.29 is 43.5 Å². The molecule has 8 nitrogen and oxygen atoms in total. The van der Waals surface area contributed by atoms with E-state index in [4.69, 9.17) is 18.6 Å². The zero-order chi connectivity index (χ0) is 22.1. The van der Waals surface area contributed by atoms with Gasteiger partial charge in [-0.3, -0.25) is 4.79 Å². The molecule has 9 heteroatoms. The predicted molar refractivity (Wildman–Crippen MR) is 97.4 cm³/mol. The predicted octanol–water partition coefficient (Wildman–Crippen LogP) is -0.0982. The van der Waals surface area contributed by atoms with Gasteiger partial charge in [-0.25, -0.2) is 23.8 Å². The number of rotatable bonds is 15. The van der Waals surface area contributed by atoms with Gasteiger partial charge in [0.2, 0.25) is 5.91 Å². The molecule has 0 saturated heterocycles. The van der Waals surface area contributed by atoms with Crippen molar-refractivity contribution in [3.8, 4) is 0 Å². The molecule has 1 atom stereocenters. The summed E-state index contributed by atoms with van der Waals surface area (Å²) in [5.41, 5.74) is 0. The van der Waals surface area contributed by atoms with E-state index >= 15 is 0 Å². The Bertz CT molecular complexity index is 366. The molecule has 0 heterocycles. The van der Waals surface area contributed by atoms with Crippen LogP contribution in [0.3, 0.4) is 0 Å². The maximum Gasteiger partial charge on any atom is 0.219 e. The van der Waals surface area contributed by atoms with Gasteiger partial charge < -0.3 is 5.32 Å². The van der Waals surface area contributed by atoms with Crippen LogP contribution in [0, 0.1) is 10.2 Å². The standard InChI is InChI=1S/C19H40N2O2.ClHO4/c1-5-6-7-8-9-10-11-12-13-16-19(22)20-17-14-15-18(2)21(3,4)23;2-1(3,4)5/h18,23H,5-17H2,1-4H3;(H,2,3,4,5). The third-order valence-corrected chi connectivity index (χ3v) is 4.71. The van der Waals surface area contributed by atoms with Gasteiger partial charge in [0.15, 0.2) is 0 Å². The monoisotopic (exact) mass is 428 g/mol. The minimum Gasteiger partial charge on any atom is -0.356 e. The van der Waals surface area contributed by atoms with Crippen LogP contribution in [0.1, 0.15) is 90.9 Å². The molecule has 0 radical (unpaired) electrons. The minimum atomic E-state index is -4.94. The van der Waals surface area contributed by atoms with Crippen molar-refractivity contribution in [2.24, 2.45) is 0 Å². The van der Waals surface area contributed by atoms with Gasteiger partial charge in [-0.05, 0) is 19.8 Å². The number of nitrogens with zero attached hydrogens (tertiary/aromatic N) is 1. The van der Waals surface area contributed by atoms with Crippen LogP contribution in [0.2, 0.25) is 0 Å². The molecule has 0 bridgehead atoms. The van der Waals surface area contributed by atoms with Crippen molar-refractivity contribution in [1.82, 2.24) is 5.32 Å². The highest BCUT2D eigenvalue weighted by Gasteiger charge is 2.20. The van der Waals surface area contributed by atoms with Crippen LogP contribution in [0.5, 0.6) is 0 Å². The number of quaternary nitrogens is 1. The highest BCUT2D eigenvalue weighted by Crippen LogP contribution is 2.11. The molecule has 28 heavy (non-hydrogen) atoms. The van der Waals surface area contributed by atoms with Crippen molar-refractivity contribution in [2.45, 2.75) is 96.9 Å².